The Balaban J connectivity index is 1.98. The molecule has 1 heteroatoms. The van der Waals surface area contributed by atoms with E-state index in [9.17, 15) is 4.79 Å². The van der Waals surface area contributed by atoms with Crippen molar-refractivity contribution in [3.8, 4) is 0 Å². The Bertz CT molecular complexity index is 589. The van der Waals surface area contributed by atoms with Crippen LogP contribution in [0.25, 0.3) is 12.2 Å². The lowest BCUT2D eigenvalue weighted by molar-refractivity contribution is -0.110. The standard InChI is InChI=1S/C18H16O/c1-15-7-9-17(10-8-15)12-14-18(19)13-11-16-5-3-2-4-6-16/h2-14H,1H3. The number of allylic oxidation sites excluding steroid dienone is 2. The summed E-state index contributed by atoms with van der Waals surface area (Å²) in [6.45, 7) is 2.04. The highest BCUT2D eigenvalue weighted by Crippen LogP contribution is 2.06. The highest BCUT2D eigenvalue weighted by atomic mass is 16.1. The second kappa shape index (κ2) is 6.50. The fourth-order valence-electron chi connectivity index (χ4n) is 1.65. The van der Waals surface area contributed by atoms with Crippen molar-refractivity contribution in [2.24, 2.45) is 0 Å². The highest BCUT2D eigenvalue weighted by Gasteiger charge is 1.91. The first kappa shape index (κ1) is 13.0. The van der Waals surface area contributed by atoms with E-state index in [0.29, 0.717) is 0 Å². The first-order chi connectivity index (χ1) is 9.24. The summed E-state index contributed by atoms with van der Waals surface area (Å²) in [6, 6.07) is 17.9. The van der Waals surface area contributed by atoms with Gasteiger partial charge in [-0.2, -0.15) is 0 Å². The second-order valence-corrected chi connectivity index (χ2v) is 4.39. The Morgan fingerprint density at radius 3 is 1.89 bits per heavy atom. The van der Waals surface area contributed by atoms with Gasteiger partial charge in [-0.15, -0.1) is 0 Å². The van der Waals surface area contributed by atoms with Crippen molar-refractivity contribution < 1.29 is 4.79 Å². The van der Waals surface area contributed by atoms with Gasteiger partial charge in [0.05, 0.1) is 0 Å². The Labute approximate surface area is 113 Å². The molecule has 0 radical (unpaired) electrons. The van der Waals surface area contributed by atoms with Crippen LogP contribution >= 0.6 is 0 Å². The summed E-state index contributed by atoms with van der Waals surface area (Å²) in [5.74, 6) is -0.00979. The van der Waals surface area contributed by atoms with Crippen LogP contribution in [0.3, 0.4) is 0 Å². The molecule has 0 spiro atoms. The summed E-state index contributed by atoms with van der Waals surface area (Å²) in [4.78, 5) is 11.7. The number of carbonyl (C=O) groups is 1. The zero-order valence-electron chi connectivity index (χ0n) is 10.9. The third-order valence-corrected chi connectivity index (χ3v) is 2.76. The number of aryl methyl sites for hydroxylation is 1. The topological polar surface area (TPSA) is 17.1 Å². The number of carbonyl (C=O) groups excluding carboxylic acids is 1. The number of ketones is 1. The quantitative estimate of drug-likeness (QED) is 0.738. The van der Waals surface area contributed by atoms with Gasteiger partial charge in [0.15, 0.2) is 5.78 Å². The molecule has 1 nitrogen and oxygen atoms in total. The molecule has 2 aromatic rings. The predicted molar refractivity (Wildman–Crippen MR) is 80.7 cm³/mol. The van der Waals surface area contributed by atoms with E-state index in [-0.39, 0.29) is 5.78 Å². The molecule has 0 aliphatic carbocycles. The molecule has 2 aromatic carbocycles. The third kappa shape index (κ3) is 4.40. The molecule has 0 amide bonds. The van der Waals surface area contributed by atoms with Gasteiger partial charge in [-0.05, 0) is 30.2 Å². The maximum absolute atomic E-state index is 11.7. The lowest BCUT2D eigenvalue weighted by atomic mass is 10.1. The molecule has 0 aromatic heterocycles. The fraction of sp³-hybridized carbons (Fsp3) is 0.0556. The summed E-state index contributed by atoms with van der Waals surface area (Å²) in [5, 5.41) is 0. The number of hydrogen-bond acceptors (Lipinski definition) is 1. The van der Waals surface area contributed by atoms with E-state index in [1.807, 2.05) is 73.7 Å². The molecule has 0 fully saturated rings. The zero-order valence-corrected chi connectivity index (χ0v) is 10.9. The minimum atomic E-state index is -0.00979. The van der Waals surface area contributed by atoms with Crippen molar-refractivity contribution in [2.75, 3.05) is 0 Å². The Hall–Kier alpha value is -2.41. The van der Waals surface area contributed by atoms with Crippen molar-refractivity contribution in [2.45, 2.75) is 6.92 Å². The average molecular weight is 248 g/mol. The summed E-state index contributed by atoms with van der Waals surface area (Å²) >= 11 is 0. The Morgan fingerprint density at radius 1 is 0.789 bits per heavy atom. The maximum atomic E-state index is 11.7. The lowest BCUT2D eigenvalue weighted by Crippen LogP contribution is -1.84. The van der Waals surface area contributed by atoms with Crippen LogP contribution in [0.4, 0.5) is 0 Å². The van der Waals surface area contributed by atoms with E-state index in [0.717, 1.165) is 11.1 Å². The van der Waals surface area contributed by atoms with Gasteiger partial charge in [0, 0.05) is 0 Å². The van der Waals surface area contributed by atoms with Gasteiger partial charge >= 0.3 is 0 Å². The van der Waals surface area contributed by atoms with Crippen LogP contribution in [-0.4, -0.2) is 5.78 Å². The van der Waals surface area contributed by atoms with Crippen LogP contribution in [0.1, 0.15) is 16.7 Å². The largest absolute Gasteiger partial charge is 0.290 e. The van der Waals surface area contributed by atoms with Crippen LogP contribution in [0.15, 0.2) is 66.7 Å². The Morgan fingerprint density at radius 2 is 1.32 bits per heavy atom. The molecule has 0 unspecified atom stereocenters. The summed E-state index contributed by atoms with van der Waals surface area (Å²) in [5.41, 5.74) is 3.28. The van der Waals surface area contributed by atoms with Crippen molar-refractivity contribution in [1.29, 1.82) is 0 Å². The third-order valence-electron chi connectivity index (χ3n) is 2.76. The first-order valence-electron chi connectivity index (χ1n) is 6.26. The molecular weight excluding hydrogens is 232 g/mol. The fourth-order valence-corrected chi connectivity index (χ4v) is 1.65. The molecule has 0 heterocycles. The zero-order chi connectivity index (χ0) is 13.5. The molecule has 19 heavy (non-hydrogen) atoms. The van der Waals surface area contributed by atoms with Crippen LogP contribution in [-0.2, 0) is 4.79 Å². The van der Waals surface area contributed by atoms with Crippen molar-refractivity contribution in [3.05, 3.63) is 83.4 Å². The van der Waals surface area contributed by atoms with Crippen molar-refractivity contribution in [1.82, 2.24) is 0 Å². The summed E-state index contributed by atoms with van der Waals surface area (Å²) in [7, 11) is 0. The van der Waals surface area contributed by atoms with Gasteiger partial charge in [-0.1, -0.05) is 72.3 Å². The van der Waals surface area contributed by atoms with Gasteiger partial charge in [-0.3, -0.25) is 4.79 Å². The predicted octanol–water partition coefficient (Wildman–Crippen LogP) is 4.29. The molecular formula is C18H16O. The van der Waals surface area contributed by atoms with E-state index in [1.54, 1.807) is 12.2 Å². The van der Waals surface area contributed by atoms with Crippen LogP contribution < -0.4 is 0 Å². The average Bonchev–Trinajstić information content (AvgIpc) is 2.45. The van der Waals surface area contributed by atoms with Gasteiger partial charge in [0.1, 0.15) is 0 Å². The minimum Gasteiger partial charge on any atom is -0.290 e. The molecule has 0 aliphatic rings. The molecule has 0 atom stereocenters. The second-order valence-electron chi connectivity index (χ2n) is 4.39. The molecule has 0 saturated carbocycles. The maximum Gasteiger partial charge on any atom is 0.178 e. The van der Waals surface area contributed by atoms with Gasteiger partial charge in [0.25, 0.3) is 0 Å². The van der Waals surface area contributed by atoms with Crippen molar-refractivity contribution >= 4 is 17.9 Å². The number of rotatable bonds is 4. The van der Waals surface area contributed by atoms with E-state index in [1.165, 1.54) is 5.56 Å². The molecule has 0 bridgehead atoms. The number of benzene rings is 2. The molecule has 0 aliphatic heterocycles. The monoisotopic (exact) mass is 248 g/mol. The van der Waals surface area contributed by atoms with E-state index in [2.05, 4.69) is 0 Å². The van der Waals surface area contributed by atoms with E-state index < -0.39 is 0 Å². The summed E-state index contributed by atoms with van der Waals surface area (Å²) in [6.07, 6.45) is 6.82. The summed E-state index contributed by atoms with van der Waals surface area (Å²) < 4.78 is 0. The van der Waals surface area contributed by atoms with Gasteiger partial charge in [-0.25, -0.2) is 0 Å². The molecule has 94 valence electrons. The smallest absolute Gasteiger partial charge is 0.178 e. The van der Waals surface area contributed by atoms with Crippen molar-refractivity contribution in [3.63, 3.8) is 0 Å². The van der Waals surface area contributed by atoms with Gasteiger partial charge in [0.2, 0.25) is 0 Å². The van der Waals surface area contributed by atoms with E-state index >= 15 is 0 Å². The normalized spacial score (nSPS) is 11.2. The SMILES string of the molecule is Cc1ccc(C=CC(=O)C=Cc2ccccc2)cc1. The highest BCUT2D eigenvalue weighted by molar-refractivity contribution is 6.04. The minimum absolute atomic E-state index is 0.00979. The number of hydrogen-bond donors (Lipinski definition) is 0. The van der Waals surface area contributed by atoms with E-state index in [4.69, 9.17) is 0 Å². The first-order valence-corrected chi connectivity index (χ1v) is 6.26. The van der Waals surface area contributed by atoms with Crippen LogP contribution in [0, 0.1) is 6.92 Å². The molecule has 2 rings (SSSR count). The molecule has 0 saturated heterocycles. The lowest BCUT2D eigenvalue weighted by Gasteiger charge is -1.93. The van der Waals surface area contributed by atoms with Crippen LogP contribution in [0.5, 0.6) is 0 Å². The van der Waals surface area contributed by atoms with Gasteiger partial charge < -0.3 is 0 Å². The Kier molecular flexibility index (Phi) is 4.46. The van der Waals surface area contributed by atoms with Crippen LogP contribution in [0.2, 0.25) is 0 Å². The molecule has 0 N–H and O–H groups in total.